The first kappa shape index (κ1) is 13.6. The third kappa shape index (κ3) is 2.58. The molecule has 5 heteroatoms. The molecule has 2 unspecified atom stereocenters. The van der Waals surface area contributed by atoms with Crippen molar-refractivity contribution in [1.29, 1.82) is 0 Å². The van der Waals surface area contributed by atoms with E-state index in [1.54, 1.807) is 0 Å². The molecule has 1 aliphatic rings. The second-order valence-corrected chi connectivity index (χ2v) is 5.83. The van der Waals surface area contributed by atoms with Crippen LogP contribution in [0, 0.1) is 0 Å². The first-order valence-corrected chi connectivity index (χ1v) is 7.46. The van der Waals surface area contributed by atoms with Crippen molar-refractivity contribution in [3.8, 4) is 0 Å². The van der Waals surface area contributed by atoms with E-state index in [0.29, 0.717) is 0 Å². The van der Waals surface area contributed by atoms with Gasteiger partial charge in [0.15, 0.2) is 0 Å². The van der Waals surface area contributed by atoms with Gasteiger partial charge in [-0.15, -0.1) is 10.2 Å². The van der Waals surface area contributed by atoms with Gasteiger partial charge < -0.3 is 9.88 Å². The number of hydrogen-bond acceptors (Lipinski definition) is 3. The first-order valence-electron chi connectivity index (χ1n) is 7.08. The predicted octanol–water partition coefficient (Wildman–Crippen LogP) is 3.29. The molecule has 2 heterocycles. The standard InChI is InChI=1S/C15H19ClN4/c1-10(12-5-7-13(16)8-6-12)17-11(2)15-19-18-14-4-3-9-20(14)15/h5-8,10-11,17H,3-4,9H2,1-2H3. The van der Waals surface area contributed by atoms with Crippen molar-refractivity contribution in [3.63, 3.8) is 0 Å². The van der Waals surface area contributed by atoms with Crippen LogP contribution in [0.25, 0.3) is 0 Å². The van der Waals surface area contributed by atoms with Crippen LogP contribution in [0.15, 0.2) is 24.3 Å². The molecule has 3 rings (SSSR count). The molecule has 0 radical (unpaired) electrons. The molecule has 0 bridgehead atoms. The summed E-state index contributed by atoms with van der Waals surface area (Å²) >= 11 is 5.93. The molecule has 106 valence electrons. The Kier molecular flexibility index (Phi) is 3.76. The Morgan fingerprint density at radius 1 is 1.15 bits per heavy atom. The summed E-state index contributed by atoms with van der Waals surface area (Å²) in [6.07, 6.45) is 2.23. The minimum absolute atomic E-state index is 0.181. The molecule has 0 saturated heterocycles. The molecule has 0 spiro atoms. The normalized spacial score (nSPS) is 16.9. The van der Waals surface area contributed by atoms with Crippen LogP contribution in [0.2, 0.25) is 5.02 Å². The largest absolute Gasteiger partial charge is 0.314 e. The maximum Gasteiger partial charge on any atom is 0.149 e. The van der Waals surface area contributed by atoms with E-state index < -0.39 is 0 Å². The quantitative estimate of drug-likeness (QED) is 0.939. The zero-order valence-electron chi connectivity index (χ0n) is 11.8. The summed E-state index contributed by atoms with van der Waals surface area (Å²) in [5.41, 5.74) is 1.22. The number of hydrogen-bond donors (Lipinski definition) is 1. The van der Waals surface area contributed by atoms with Gasteiger partial charge in [-0.2, -0.15) is 0 Å². The highest BCUT2D eigenvalue weighted by molar-refractivity contribution is 6.30. The Balaban J connectivity index is 1.72. The summed E-state index contributed by atoms with van der Waals surface area (Å²) in [5, 5.41) is 12.9. The molecule has 4 nitrogen and oxygen atoms in total. The molecule has 1 aromatic carbocycles. The van der Waals surface area contributed by atoms with E-state index in [0.717, 1.165) is 29.6 Å². The van der Waals surface area contributed by atoms with Gasteiger partial charge in [-0.3, -0.25) is 0 Å². The van der Waals surface area contributed by atoms with Gasteiger partial charge in [0.1, 0.15) is 11.6 Å². The van der Waals surface area contributed by atoms with Crippen molar-refractivity contribution in [3.05, 3.63) is 46.5 Å². The molecule has 20 heavy (non-hydrogen) atoms. The number of nitrogens with one attached hydrogen (secondary N) is 1. The van der Waals surface area contributed by atoms with Gasteiger partial charge in [0.2, 0.25) is 0 Å². The van der Waals surface area contributed by atoms with E-state index in [-0.39, 0.29) is 12.1 Å². The van der Waals surface area contributed by atoms with Crippen LogP contribution < -0.4 is 5.32 Å². The van der Waals surface area contributed by atoms with Crippen LogP contribution in [0.5, 0.6) is 0 Å². The lowest BCUT2D eigenvalue weighted by molar-refractivity contribution is 0.459. The van der Waals surface area contributed by atoms with Crippen molar-refractivity contribution in [1.82, 2.24) is 20.1 Å². The summed E-state index contributed by atoms with van der Waals surface area (Å²) in [4.78, 5) is 0. The SMILES string of the molecule is CC(NC(C)c1nnc2n1CCC2)c1ccc(Cl)cc1. The fourth-order valence-electron chi connectivity index (χ4n) is 2.79. The number of benzene rings is 1. The van der Waals surface area contributed by atoms with E-state index in [9.17, 15) is 0 Å². The van der Waals surface area contributed by atoms with Crippen LogP contribution in [0.3, 0.4) is 0 Å². The highest BCUT2D eigenvalue weighted by atomic mass is 35.5. The monoisotopic (exact) mass is 290 g/mol. The summed E-state index contributed by atoms with van der Waals surface area (Å²) in [7, 11) is 0. The average molecular weight is 291 g/mol. The second kappa shape index (κ2) is 5.54. The molecule has 1 aliphatic heterocycles. The van der Waals surface area contributed by atoms with Crippen LogP contribution in [-0.2, 0) is 13.0 Å². The lowest BCUT2D eigenvalue weighted by atomic mass is 10.1. The summed E-state index contributed by atoms with van der Waals surface area (Å²) in [5.74, 6) is 2.16. The van der Waals surface area contributed by atoms with Crippen molar-refractivity contribution in [2.24, 2.45) is 0 Å². The van der Waals surface area contributed by atoms with Crippen LogP contribution >= 0.6 is 11.6 Å². The highest BCUT2D eigenvalue weighted by Crippen LogP contribution is 2.23. The maximum atomic E-state index is 5.93. The van der Waals surface area contributed by atoms with Crippen molar-refractivity contribution >= 4 is 11.6 Å². The van der Waals surface area contributed by atoms with Crippen LogP contribution in [-0.4, -0.2) is 14.8 Å². The molecule has 2 atom stereocenters. The Morgan fingerprint density at radius 2 is 1.90 bits per heavy atom. The lowest BCUT2D eigenvalue weighted by Crippen LogP contribution is -2.25. The number of rotatable bonds is 4. The molecule has 0 fully saturated rings. The van der Waals surface area contributed by atoms with E-state index in [1.807, 2.05) is 12.1 Å². The van der Waals surface area contributed by atoms with Crippen LogP contribution in [0.1, 0.15) is 49.6 Å². The number of fused-ring (bicyclic) bond motifs is 1. The van der Waals surface area contributed by atoms with Crippen molar-refractivity contribution in [2.75, 3.05) is 0 Å². The van der Waals surface area contributed by atoms with Crippen molar-refractivity contribution in [2.45, 2.75) is 45.3 Å². The predicted molar refractivity (Wildman–Crippen MR) is 79.8 cm³/mol. The smallest absolute Gasteiger partial charge is 0.149 e. The molecule has 1 N–H and O–H groups in total. The zero-order valence-corrected chi connectivity index (χ0v) is 12.6. The van der Waals surface area contributed by atoms with E-state index in [4.69, 9.17) is 11.6 Å². The first-order chi connectivity index (χ1) is 9.65. The second-order valence-electron chi connectivity index (χ2n) is 5.39. The topological polar surface area (TPSA) is 42.7 Å². The molecular weight excluding hydrogens is 272 g/mol. The van der Waals surface area contributed by atoms with Gasteiger partial charge in [0, 0.05) is 24.0 Å². The molecular formula is C15H19ClN4. The van der Waals surface area contributed by atoms with E-state index in [2.05, 4.69) is 46.1 Å². The fourth-order valence-corrected chi connectivity index (χ4v) is 2.92. The Morgan fingerprint density at radius 3 is 2.65 bits per heavy atom. The molecule has 0 amide bonds. The van der Waals surface area contributed by atoms with Gasteiger partial charge in [-0.25, -0.2) is 0 Å². The Bertz CT molecular complexity index is 590. The van der Waals surface area contributed by atoms with Gasteiger partial charge in [0.25, 0.3) is 0 Å². The van der Waals surface area contributed by atoms with Crippen LogP contribution in [0.4, 0.5) is 0 Å². The number of aromatic nitrogens is 3. The van der Waals surface area contributed by atoms with Gasteiger partial charge in [-0.1, -0.05) is 23.7 Å². The molecule has 1 aromatic heterocycles. The Labute approximate surface area is 124 Å². The fraction of sp³-hybridized carbons (Fsp3) is 0.467. The van der Waals surface area contributed by atoms with Crippen molar-refractivity contribution < 1.29 is 0 Å². The lowest BCUT2D eigenvalue weighted by Gasteiger charge is -2.20. The maximum absolute atomic E-state index is 5.93. The Hall–Kier alpha value is -1.39. The third-order valence-electron chi connectivity index (χ3n) is 3.90. The average Bonchev–Trinajstić information content (AvgIpc) is 3.01. The zero-order chi connectivity index (χ0) is 14.1. The third-order valence-corrected chi connectivity index (χ3v) is 4.15. The number of halogens is 1. The van der Waals surface area contributed by atoms with Gasteiger partial charge in [0.05, 0.1) is 6.04 Å². The summed E-state index contributed by atoms with van der Waals surface area (Å²) in [6.45, 7) is 5.34. The minimum Gasteiger partial charge on any atom is -0.314 e. The van der Waals surface area contributed by atoms with E-state index >= 15 is 0 Å². The van der Waals surface area contributed by atoms with E-state index in [1.165, 1.54) is 12.0 Å². The summed E-state index contributed by atoms with van der Waals surface area (Å²) in [6, 6.07) is 8.39. The number of nitrogens with zero attached hydrogens (tertiary/aromatic N) is 3. The highest BCUT2D eigenvalue weighted by Gasteiger charge is 2.22. The van der Waals surface area contributed by atoms with Gasteiger partial charge in [-0.05, 0) is 38.0 Å². The molecule has 0 aliphatic carbocycles. The number of aryl methyl sites for hydroxylation is 1. The molecule has 0 saturated carbocycles. The minimum atomic E-state index is 0.181. The summed E-state index contributed by atoms with van der Waals surface area (Å²) < 4.78 is 2.24. The molecule has 2 aromatic rings. The van der Waals surface area contributed by atoms with Gasteiger partial charge >= 0.3 is 0 Å².